The Kier molecular flexibility index (Phi) is 5.82. The van der Waals surface area contributed by atoms with Crippen LogP contribution in [-0.2, 0) is 9.59 Å². The third kappa shape index (κ3) is 4.15. The van der Waals surface area contributed by atoms with Crippen LogP contribution in [0.1, 0.15) is 57.1 Å². The molecule has 0 saturated carbocycles. The van der Waals surface area contributed by atoms with Gasteiger partial charge in [-0.15, -0.1) is 0 Å². The molecule has 7 nitrogen and oxygen atoms in total. The lowest BCUT2D eigenvalue weighted by atomic mass is 9.69. The normalized spacial score (nSPS) is 20.0. The first-order valence-electron chi connectivity index (χ1n) is 11.2. The van der Waals surface area contributed by atoms with E-state index in [2.05, 4.69) is 0 Å². The van der Waals surface area contributed by atoms with E-state index in [1.807, 2.05) is 45.0 Å². The Morgan fingerprint density at radius 1 is 1.15 bits per heavy atom. The van der Waals surface area contributed by atoms with E-state index in [4.69, 9.17) is 4.74 Å². The molecule has 1 aliphatic heterocycles. The number of ether oxygens (including phenoxy) is 1. The van der Waals surface area contributed by atoms with E-state index in [0.29, 0.717) is 36.5 Å². The van der Waals surface area contributed by atoms with Gasteiger partial charge in [0, 0.05) is 41.7 Å². The van der Waals surface area contributed by atoms with E-state index >= 15 is 0 Å². The van der Waals surface area contributed by atoms with Gasteiger partial charge in [-0.1, -0.05) is 38.1 Å². The molecule has 1 atom stereocenters. The predicted molar refractivity (Wildman–Crippen MR) is 125 cm³/mol. The zero-order valence-electron chi connectivity index (χ0n) is 19.4. The molecule has 2 aromatic carbocycles. The highest BCUT2D eigenvalue weighted by Crippen LogP contribution is 2.50. The highest BCUT2D eigenvalue weighted by molar-refractivity contribution is 6.08. The number of benzene rings is 2. The number of nitro benzene ring substituents is 1. The molecule has 1 amide bonds. The van der Waals surface area contributed by atoms with Gasteiger partial charge in [0.2, 0.25) is 5.91 Å². The van der Waals surface area contributed by atoms with Crippen LogP contribution in [0.25, 0.3) is 0 Å². The van der Waals surface area contributed by atoms with Gasteiger partial charge in [-0.05, 0) is 43.4 Å². The molecule has 0 bridgehead atoms. The summed E-state index contributed by atoms with van der Waals surface area (Å²) >= 11 is 0. The Labute approximate surface area is 193 Å². The first-order chi connectivity index (χ1) is 15.6. The van der Waals surface area contributed by atoms with Crippen molar-refractivity contribution in [1.29, 1.82) is 0 Å². The van der Waals surface area contributed by atoms with Crippen LogP contribution in [0.15, 0.2) is 53.7 Å². The molecule has 1 heterocycles. The maximum atomic E-state index is 13.6. The molecule has 4 rings (SSSR count). The summed E-state index contributed by atoms with van der Waals surface area (Å²) in [6.07, 6.45) is 0.870. The van der Waals surface area contributed by atoms with Crippen molar-refractivity contribution >= 4 is 23.1 Å². The Bertz CT molecular complexity index is 1180. The lowest BCUT2D eigenvalue weighted by Gasteiger charge is -2.42. The zero-order chi connectivity index (χ0) is 23.9. The second-order valence-corrected chi connectivity index (χ2v) is 9.51. The molecule has 1 unspecified atom stereocenters. The Morgan fingerprint density at radius 3 is 2.58 bits per heavy atom. The van der Waals surface area contributed by atoms with Crippen LogP contribution in [0.4, 0.5) is 11.4 Å². The van der Waals surface area contributed by atoms with Gasteiger partial charge in [0.05, 0.1) is 11.5 Å². The molecule has 7 heteroatoms. The van der Waals surface area contributed by atoms with Crippen LogP contribution in [0.5, 0.6) is 5.75 Å². The van der Waals surface area contributed by atoms with Gasteiger partial charge in [0.15, 0.2) is 5.78 Å². The van der Waals surface area contributed by atoms with Crippen molar-refractivity contribution in [2.45, 2.75) is 52.9 Å². The van der Waals surface area contributed by atoms with Crippen molar-refractivity contribution in [2.75, 3.05) is 11.5 Å². The lowest BCUT2D eigenvalue weighted by molar-refractivity contribution is -0.384. The number of rotatable bonds is 5. The summed E-state index contributed by atoms with van der Waals surface area (Å²) in [6, 6.07) is 12.3. The molecule has 0 N–H and O–H groups in total. The number of ketones is 1. The van der Waals surface area contributed by atoms with Crippen LogP contribution in [-0.4, -0.2) is 23.2 Å². The third-order valence-electron chi connectivity index (χ3n) is 6.31. The van der Waals surface area contributed by atoms with Gasteiger partial charge in [-0.3, -0.25) is 24.6 Å². The number of nitro groups is 1. The summed E-state index contributed by atoms with van der Waals surface area (Å²) < 4.78 is 5.81. The topological polar surface area (TPSA) is 89.8 Å². The fourth-order valence-corrected chi connectivity index (χ4v) is 4.98. The lowest BCUT2D eigenvalue weighted by Crippen LogP contribution is -2.44. The molecular formula is C26H28N2O5. The number of Topliss-reactive ketones (excluding diaryl/α,β-unsaturated/α-hetero) is 1. The Morgan fingerprint density at radius 2 is 1.88 bits per heavy atom. The summed E-state index contributed by atoms with van der Waals surface area (Å²) in [4.78, 5) is 39.9. The van der Waals surface area contributed by atoms with Gasteiger partial charge >= 0.3 is 0 Å². The molecule has 2 aliphatic rings. The predicted octanol–water partition coefficient (Wildman–Crippen LogP) is 5.47. The van der Waals surface area contributed by atoms with Gasteiger partial charge in [0.1, 0.15) is 11.4 Å². The van der Waals surface area contributed by atoms with E-state index in [-0.39, 0.29) is 34.9 Å². The molecule has 0 saturated heterocycles. The van der Waals surface area contributed by atoms with Crippen molar-refractivity contribution in [3.8, 4) is 5.75 Å². The molecule has 0 aromatic heterocycles. The number of carbonyl (C=O) groups is 2. The van der Waals surface area contributed by atoms with Crippen LogP contribution < -0.4 is 9.64 Å². The van der Waals surface area contributed by atoms with Crippen molar-refractivity contribution in [2.24, 2.45) is 5.41 Å². The first kappa shape index (κ1) is 22.7. The number of nitrogens with zero attached hydrogens (tertiary/aromatic N) is 2. The molecule has 0 radical (unpaired) electrons. The average Bonchev–Trinajstić information content (AvgIpc) is 2.73. The summed E-state index contributed by atoms with van der Waals surface area (Å²) in [5, 5.41) is 11.8. The van der Waals surface area contributed by atoms with Gasteiger partial charge in [-0.25, -0.2) is 0 Å². The number of amides is 1. The fourth-order valence-electron chi connectivity index (χ4n) is 4.98. The van der Waals surface area contributed by atoms with Crippen molar-refractivity contribution < 1.29 is 19.2 Å². The maximum Gasteiger partial charge on any atom is 0.293 e. The summed E-state index contributed by atoms with van der Waals surface area (Å²) in [6.45, 7) is 8.09. The van der Waals surface area contributed by atoms with Gasteiger partial charge in [-0.2, -0.15) is 0 Å². The minimum absolute atomic E-state index is 0.0233. The maximum absolute atomic E-state index is 13.6. The summed E-state index contributed by atoms with van der Waals surface area (Å²) in [5.41, 5.74) is 2.37. The van der Waals surface area contributed by atoms with E-state index in [9.17, 15) is 19.7 Å². The molecule has 1 aliphatic carbocycles. The number of carbonyl (C=O) groups excluding carboxylic acids is 2. The monoisotopic (exact) mass is 448 g/mol. The quantitative estimate of drug-likeness (QED) is 0.447. The van der Waals surface area contributed by atoms with Gasteiger partial charge in [0.25, 0.3) is 5.69 Å². The number of hydrogen-bond acceptors (Lipinski definition) is 5. The Balaban J connectivity index is 1.95. The molecule has 0 spiro atoms. The number of anilines is 1. The largest absolute Gasteiger partial charge is 0.494 e. The van der Waals surface area contributed by atoms with E-state index in [1.165, 1.54) is 11.0 Å². The molecule has 0 fully saturated rings. The zero-order valence-corrected chi connectivity index (χ0v) is 19.4. The van der Waals surface area contributed by atoms with Crippen molar-refractivity contribution in [3.05, 3.63) is 75.0 Å². The van der Waals surface area contributed by atoms with Gasteiger partial charge < -0.3 is 4.74 Å². The van der Waals surface area contributed by atoms with Crippen molar-refractivity contribution in [3.63, 3.8) is 0 Å². The minimum atomic E-state index is -0.470. The highest BCUT2D eigenvalue weighted by atomic mass is 16.6. The second kappa shape index (κ2) is 8.46. The molecular weight excluding hydrogens is 420 g/mol. The SMILES string of the molecule is CCOc1ccccc1C1CC(=O)N(c2ccc(C)cc2[N+](=O)[O-])C2=C1C(=O)CC(C)(C)C2. The van der Waals surface area contributed by atoms with Crippen molar-refractivity contribution in [1.82, 2.24) is 0 Å². The number of aryl methyl sites for hydroxylation is 1. The first-order valence-corrected chi connectivity index (χ1v) is 11.2. The van der Waals surface area contributed by atoms with Crippen LogP contribution >= 0.6 is 0 Å². The fraction of sp³-hybridized carbons (Fsp3) is 0.385. The highest BCUT2D eigenvalue weighted by Gasteiger charge is 2.46. The third-order valence-corrected chi connectivity index (χ3v) is 6.31. The van der Waals surface area contributed by atoms with E-state index in [0.717, 1.165) is 11.1 Å². The van der Waals surface area contributed by atoms with E-state index in [1.54, 1.807) is 19.1 Å². The molecule has 33 heavy (non-hydrogen) atoms. The van der Waals surface area contributed by atoms with E-state index < -0.39 is 10.8 Å². The van der Waals surface area contributed by atoms with Crippen LogP contribution in [0.3, 0.4) is 0 Å². The second-order valence-electron chi connectivity index (χ2n) is 9.51. The number of para-hydroxylation sites is 1. The minimum Gasteiger partial charge on any atom is -0.494 e. The summed E-state index contributed by atoms with van der Waals surface area (Å²) in [5.74, 6) is -0.0797. The van der Waals surface area contributed by atoms with Crippen LogP contribution in [0.2, 0.25) is 0 Å². The smallest absolute Gasteiger partial charge is 0.293 e. The standard InChI is InChI=1S/C26H28N2O5/c1-5-33-23-9-7-6-8-17(23)18-13-24(30)27(19-11-10-16(2)12-20(19)28(31)32)21-14-26(3,4)15-22(29)25(18)21/h6-12,18H,5,13-15H2,1-4H3. The molecule has 172 valence electrons. The van der Waals surface area contributed by atoms with Crippen LogP contribution in [0, 0.1) is 22.5 Å². The summed E-state index contributed by atoms with van der Waals surface area (Å²) in [7, 11) is 0. The number of allylic oxidation sites excluding steroid dienone is 2. The average molecular weight is 449 g/mol. The Hall–Kier alpha value is -3.48. The molecule has 2 aromatic rings. The number of hydrogen-bond donors (Lipinski definition) is 0.